The van der Waals surface area contributed by atoms with Crippen LogP contribution in [0.1, 0.15) is 18.1 Å². The van der Waals surface area contributed by atoms with Crippen LogP contribution in [-0.4, -0.2) is 35.6 Å². The van der Waals surface area contributed by atoms with Gasteiger partial charge in [0, 0.05) is 39.4 Å². The first-order valence-electron chi connectivity index (χ1n) is 8.59. The quantitative estimate of drug-likeness (QED) is 0.541. The van der Waals surface area contributed by atoms with E-state index in [9.17, 15) is 9.59 Å². The summed E-state index contributed by atoms with van der Waals surface area (Å²) in [4.78, 5) is 26.6. The van der Waals surface area contributed by atoms with E-state index < -0.39 is 6.04 Å². The van der Waals surface area contributed by atoms with E-state index in [1.807, 2.05) is 24.3 Å². The molecule has 0 radical (unpaired) electrons. The number of nitrogens with zero attached hydrogens (tertiary/aromatic N) is 1. The number of nitrogens with one attached hydrogen (secondary N) is 1. The molecule has 0 aliphatic carbocycles. The SMILES string of the molecule is CNC(=O)[C@@H](C)N(Cc1c(Cl)cccc1Cl)C(=O)CSCc1ccc(Br)cc1. The molecule has 2 rings (SSSR count). The van der Waals surface area contributed by atoms with E-state index in [4.69, 9.17) is 23.2 Å². The molecule has 0 aliphatic heterocycles. The van der Waals surface area contributed by atoms with E-state index in [1.54, 1.807) is 32.2 Å². The van der Waals surface area contributed by atoms with Gasteiger partial charge in [0.15, 0.2) is 0 Å². The number of benzene rings is 2. The van der Waals surface area contributed by atoms with Crippen LogP contribution in [-0.2, 0) is 21.9 Å². The first kappa shape index (κ1) is 23.1. The van der Waals surface area contributed by atoms with Gasteiger partial charge < -0.3 is 10.2 Å². The Morgan fingerprint density at radius 1 is 1.14 bits per heavy atom. The van der Waals surface area contributed by atoms with Crippen LogP contribution in [0.15, 0.2) is 46.9 Å². The van der Waals surface area contributed by atoms with Gasteiger partial charge in [-0.15, -0.1) is 11.8 Å². The van der Waals surface area contributed by atoms with Crippen molar-refractivity contribution in [3.05, 3.63) is 68.1 Å². The number of rotatable bonds is 8. The molecule has 4 nitrogen and oxygen atoms in total. The minimum absolute atomic E-state index is 0.144. The highest BCUT2D eigenvalue weighted by atomic mass is 79.9. The molecule has 0 aromatic heterocycles. The molecule has 0 aliphatic rings. The van der Waals surface area contributed by atoms with E-state index >= 15 is 0 Å². The van der Waals surface area contributed by atoms with Crippen molar-refractivity contribution in [2.45, 2.75) is 25.3 Å². The summed E-state index contributed by atoms with van der Waals surface area (Å²) in [5, 5.41) is 3.53. The van der Waals surface area contributed by atoms with Crippen LogP contribution in [0.4, 0.5) is 0 Å². The molecule has 0 saturated heterocycles. The average Bonchev–Trinajstić information content (AvgIpc) is 2.68. The minimum Gasteiger partial charge on any atom is -0.357 e. The molecule has 0 fully saturated rings. The first-order chi connectivity index (χ1) is 13.3. The van der Waals surface area contributed by atoms with Crippen molar-refractivity contribution >= 4 is 62.7 Å². The topological polar surface area (TPSA) is 49.4 Å². The van der Waals surface area contributed by atoms with Gasteiger partial charge in [0.25, 0.3) is 0 Å². The Balaban J connectivity index is 2.10. The van der Waals surface area contributed by atoms with Gasteiger partial charge in [0.05, 0.1) is 5.75 Å². The lowest BCUT2D eigenvalue weighted by molar-refractivity contribution is -0.138. The Kier molecular flexibility index (Phi) is 9.15. The zero-order valence-corrected chi connectivity index (χ0v) is 19.5. The second-order valence-electron chi connectivity index (χ2n) is 6.13. The molecule has 8 heteroatoms. The maximum Gasteiger partial charge on any atom is 0.242 e. The summed E-state index contributed by atoms with van der Waals surface area (Å²) in [5.41, 5.74) is 1.76. The Hall–Kier alpha value is -1.21. The van der Waals surface area contributed by atoms with E-state index in [0.29, 0.717) is 21.4 Å². The van der Waals surface area contributed by atoms with Gasteiger partial charge in [-0.25, -0.2) is 0 Å². The summed E-state index contributed by atoms with van der Waals surface area (Å²) in [5.74, 6) is 0.566. The number of amides is 2. The van der Waals surface area contributed by atoms with E-state index in [-0.39, 0.29) is 24.1 Å². The van der Waals surface area contributed by atoms with Gasteiger partial charge >= 0.3 is 0 Å². The maximum absolute atomic E-state index is 12.9. The number of carbonyl (C=O) groups excluding carboxylic acids is 2. The second kappa shape index (κ2) is 11.1. The fraction of sp³-hybridized carbons (Fsp3) is 0.300. The Labute approximate surface area is 188 Å². The highest BCUT2D eigenvalue weighted by Gasteiger charge is 2.26. The fourth-order valence-electron chi connectivity index (χ4n) is 2.56. The summed E-state index contributed by atoms with van der Waals surface area (Å²) in [6.07, 6.45) is 0. The number of thioether (sulfide) groups is 1. The number of hydrogen-bond donors (Lipinski definition) is 1. The standard InChI is InChI=1S/C20H21BrCl2N2O2S/c1-13(20(27)24-2)25(10-16-17(22)4-3-5-18(16)23)19(26)12-28-11-14-6-8-15(21)9-7-14/h3-9,13H,10-12H2,1-2H3,(H,24,27)/t13-/m1/s1. The fourth-order valence-corrected chi connectivity index (χ4v) is 4.22. The molecule has 0 heterocycles. The van der Waals surface area contributed by atoms with Crippen LogP contribution in [0.5, 0.6) is 0 Å². The normalized spacial score (nSPS) is 11.8. The van der Waals surface area contributed by atoms with Crippen LogP contribution >= 0.6 is 50.9 Å². The van der Waals surface area contributed by atoms with Crippen molar-refractivity contribution in [2.75, 3.05) is 12.8 Å². The maximum atomic E-state index is 12.9. The lowest BCUT2D eigenvalue weighted by Gasteiger charge is -2.29. The molecule has 2 aromatic carbocycles. The highest BCUT2D eigenvalue weighted by molar-refractivity contribution is 9.10. The lowest BCUT2D eigenvalue weighted by Crippen LogP contribution is -2.47. The third-order valence-electron chi connectivity index (χ3n) is 4.21. The molecule has 0 spiro atoms. The summed E-state index contributed by atoms with van der Waals surface area (Å²) < 4.78 is 1.01. The molecule has 150 valence electrons. The van der Waals surface area contributed by atoms with Gasteiger partial charge in [0.1, 0.15) is 6.04 Å². The van der Waals surface area contributed by atoms with E-state index in [2.05, 4.69) is 21.2 Å². The van der Waals surface area contributed by atoms with Crippen molar-refractivity contribution in [2.24, 2.45) is 0 Å². The molecule has 1 N–H and O–H groups in total. The smallest absolute Gasteiger partial charge is 0.242 e. The lowest BCUT2D eigenvalue weighted by atomic mass is 10.1. The summed E-state index contributed by atoms with van der Waals surface area (Å²) in [6.45, 7) is 1.87. The van der Waals surface area contributed by atoms with Crippen LogP contribution in [0.25, 0.3) is 0 Å². The molecule has 0 saturated carbocycles. The zero-order valence-electron chi connectivity index (χ0n) is 15.5. The van der Waals surface area contributed by atoms with Crippen LogP contribution in [0.3, 0.4) is 0 Å². The third-order valence-corrected chi connectivity index (χ3v) is 6.44. The predicted octanol–water partition coefficient (Wildman–Crippen LogP) is 5.15. The molecule has 2 amide bonds. The minimum atomic E-state index is -0.641. The molecular formula is C20H21BrCl2N2O2S. The Bertz CT molecular complexity index is 813. The second-order valence-corrected chi connectivity index (χ2v) is 8.85. The average molecular weight is 504 g/mol. The Morgan fingerprint density at radius 3 is 2.32 bits per heavy atom. The van der Waals surface area contributed by atoms with Crippen molar-refractivity contribution in [3.8, 4) is 0 Å². The van der Waals surface area contributed by atoms with Gasteiger partial charge in [0.2, 0.25) is 11.8 Å². The largest absolute Gasteiger partial charge is 0.357 e. The predicted molar refractivity (Wildman–Crippen MR) is 121 cm³/mol. The van der Waals surface area contributed by atoms with Crippen molar-refractivity contribution in [1.82, 2.24) is 10.2 Å². The van der Waals surface area contributed by atoms with Gasteiger partial charge in [-0.2, -0.15) is 0 Å². The molecule has 0 unspecified atom stereocenters. The first-order valence-corrected chi connectivity index (χ1v) is 11.3. The van der Waals surface area contributed by atoms with Crippen LogP contribution in [0.2, 0.25) is 10.0 Å². The summed E-state index contributed by atoms with van der Waals surface area (Å²) in [6, 6.07) is 12.5. The van der Waals surface area contributed by atoms with E-state index in [1.165, 1.54) is 16.7 Å². The number of hydrogen-bond acceptors (Lipinski definition) is 3. The molecule has 0 bridgehead atoms. The van der Waals surface area contributed by atoms with Crippen molar-refractivity contribution < 1.29 is 9.59 Å². The monoisotopic (exact) mass is 502 g/mol. The zero-order chi connectivity index (χ0) is 20.7. The Morgan fingerprint density at radius 2 is 1.75 bits per heavy atom. The molecule has 28 heavy (non-hydrogen) atoms. The van der Waals surface area contributed by atoms with Crippen LogP contribution < -0.4 is 5.32 Å². The van der Waals surface area contributed by atoms with Gasteiger partial charge in [-0.3, -0.25) is 9.59 Å². The van der Waals surface area contributed by atoms with Crippen molar-refractivity contribution in [1.29, 1.82) is 0 Å². The number of halogens is 3. The number of likely N-dealkylation sites (N-methyl/N-ethyl adjacent to an activating group) is 1. The van der Waals surface area contributed by atoms with Gasteiger partial charge in [-0.1, -0.05) is 57.3 Å². The third kappa shape index (κ3) is 6.41. The molecule has 2 aromatic rings. The van der Waals surface area contributed by atoms with Crippen molar-refractivity contribution in [3.63, 3.8) is 0 Å². The van der Waals surface area contributed by atoms with Gasteiger partial charge in [-0.05, 0) is 36.8 Å². The molecular weight excluding hydrogens is 483 g/mol. The highest BCUT2D eigenvalue weighted by Crippen LogP contribution is 2.27. The van der Waals surface area contributed by atoms with Crippen LogP contribution in [0, 0.1) is 0 Å². The molecule has 1 atom stereocenters. The van der Waals surface area contributed by atoms with E-state index in [0.717, 1.165) is 10.0 Å². The summed E-state index contributed by atoms with van der Waals surface area (Å²) >= 11 is 17.4. The summed E-state index contributed by atoms with van der Waals surface area (Å²) in [7, 11) is 1.55. The number of carbonyl (C=O) groups is 2.